The molecule has 0 radical (unpaired) electrons. The second-order valence-electron chi connectivity index (χ2n) is 8.99. The van der Waals surface area contributed by atoms with E-state index in [1.54, 1.807) is 49.4 Å². The molecular formula is C26H25ClFNO5S. The Kier molecular flexibility index (Phi) is 6.25. The summed E-state index contributed by atoms with van der Waals surface area (Å²) >= 11 is 5.90. The molecule has 6 nitrogen and oxygen atoms in total. The molecule has 184 valence electrons. The molecule has 2 aliphatic rings. The zero-order valence-electron chi connectivity index (χ0n) is 19.3. The number of para-hydroxylation sites is 1. The molecule has 1 atom stereocenters. The van der Waals surface area contributed by atoms with Gasteiger partial charge in [-0.15, -0.1) is 0 Å². The van der Waals surface area contributed by atoms with Gasteiger partial charge in [-0.2, -0.15) is 17.8 Å². The average molecular weight is 518 g/mol. The zero-order chi connectivity index (χ0) is 24.8. The summed E-state index contributed by atoms with van der Waals surface area (Å²) in [7, 11) is -3.89. The molecule has 0 saturated carbocycles. The van der Waals surface area contributed by atoms with Crippen LogP contribution in [0.25, 0.3) is 0 Å². The highest BCUT2D eigenvalue weighted by atomic mass is 35.5. The lowest BCUT2D eigenvalue weighted by atomic mass is 9.89. The molecule has 0 bridgehead atoms. The summed E-state index contributed by atoms with van der Waals surface area (Å²) in [6.07, 6.45) is 1.32. The third-order valence-corrected chi connectivity index (χ3v) is 7.93. The van der Waals surface area contributed by atoms with Gasteiger partial charge in [0.25, 0.3) is 5.79 Å². The van der Waals surface area contributed by atoms with E-state index in [2.05, 4.69) is 0 Å². The SMILES string of the molecule is Cc1ccc(S(=O)(=O)ON2CCC(c3cccc4c3O[C@](C)(c3ccc(Cl)cc3F)O4)CC2)cc1. The maximum Gasteiger partial charge on any atom is 0.313 e. The van der Waals surface area contributed by atoms with Crippen molar-refractivity contribution in [2.45, 2.75) is 43.3 Å². The fourth-order valence-corrected chi connectivity index (χ4v) is 5.71. The summed E-state index contributed by atoms with van der Waals surface area (Å²) in [5, 5.41) is 1.78. The van der Waals surface area contributed by atoms with E-state index in [4.69, 9.17) is 25.4 Å². The number of benzene rings is 3. The normalized spacial score (nSPS) is 20.8. The summed E-state index contributed by atoms with van der Waals surface area (Å²) in [5.41, 5.74) is 2.18. The Morgan fingerprint density at radius 2 is 1.77 bits per heavy atom. The van der Waals surface area contributed by atoms with Crippen LogP contribution in [-0.4, -0.2) is 26.6 Å². The van der Waals surface area contributed by atoms with Crippen molar-refractivity contribution in [3.63, 3.8) is 0 Å². The van der Waals surface area contributed by atoms with E-state index in [-0.39, 0.29) is 16.4 Å². The number of halogens is 2. The van der Waals surface area contributed by atoms with E-state index < -0.39 is 21.7 Å². The topological polar surface area (TPSA) is 65.1 Å². The van der Waals surface area contributed by atoms with Crippen LogP contribution in [0, 0.1) is 12.7 Å². The summed E-state index contributed by atoms with van der Waals surface area (Å²) < 4.78 is 57.6. The van der Waals surface area contributed by atoms with Crippen molar-refractivity contribution in [3.8, 4) is 11.5 Å². The van der Waals surface area contributed by atoms with E-state index in [1.807, 2.05) is 19.1 Å². The van der Waals surface area contributed by atoms with Gasteiger partial charge in [0.15, 0.2) is 11.5 Å². The molecule has 1 saturated heterocycles. The monoisotopic (exact) mass is 517 g/mol. The molecule has 9 heteroatoms. The zero-order valence-corrected chi connectivity index (χ0v) is 20.9. The second-order valence-corrected chi connectivity index (χ2v) is 11.0. The first kappa shape index (κ1) is 24.1. The Bertz CT molecular complexity index is 1360. The Labute approximate surface area is 209 Å². The van der Waals surface area contributed by atoms with Gasteiger partial charge < -0.3 is 9.47 Å². The Morgan fingerprint density at radius 3 is 2.46 bits per heavy atom. The third kappa shape index (κ3) is 4.76. The number of piperidine rings is 1. The van der Waals surface area contributed by atoms with Crippen LogP contribution in [0.5, 0.6) is 11.5 Å². The minimum atomic E-state index is -3.89. The Morgan fingerprint density at radius 1 is 1.06 bits per heavy atom. The minimum absolute atomic E-state index is 0.105. The van der Waals surface area contributed by atoms with Crippen molar-refractivity contribution in [1.29, 1.82) is 0 Å². The van der Waals surface area contributed by atoms with Gasteiger partial charge in [-0.05, 0) is 62.1 Å². The highest BCUT2D eigenvalue weighted by molar-refractivity contribution is 7.86. The molecule has 1 fully saturated rings. The number of hydroxylamine groups is 2. The second kappa shape index (κ2) is 9.09. The van der Waals surface area contributed by atoms with Gasteiger partial charge in [0.2, 0.25) is 0 Å². The number of ether oxygens (including phenoxy) is 2. The van der Waals surface area contributed by atoms with E-state index in [0.717, 1.165) is 11.1 Å². The Hall–Kier alpha value is -2.65. The molecule has 0 aromatic heterocycles. The summed E-state index contributed by atoms with van der Waals surface area (Å²) in [6.45, 7) is 4.44. The predicted octanol–water partition coefficient (Wildman–Crippen LogP) is 5.93. The molecule has 0 spiro atoms. The van der Waals surface area contributed by atoms with E-state index >= 15 is 0 Å². The third-order valence-electron chi connectivity index (χ3n) is 6.44. The molecule has 3 aromatic carbocycles. The molecule has 5 rings (SSSR count). The van der Waals surface area contributed by atoms with Crippen molar-refractivity contribution >= 4 is 21.7 Å². The molecule has 2 heterocycles. The summed E-state index contributed by atoms with van der Waals surface area (Å²) in [6, 6.07) is 16.6. The van der Waals surface area contributed by atoms with Gasteiger partial charge in [0.1, 0.15) is 5.82 Å². The predicted molar refractivity (Wildman–Crippen MR) is 129 cm³/mol. The van der Waals surface area contributed by atoms with E-state index in [0.29, 0.717) is 42.5 Å². The fraction of sp³-hybridized carbons (Fsp3) is 0.308. The maximum atomic E-state index is 14.6. The van der Waals surface area contributed by atoms with Crippen molar-refractivity contribution < 1.29 is 26.6 Å². The lowest BCUT2D eigenvalue weighted by molar-refractivity contribution is -0.0743. The number of aryl methyl sites for hydroxylation is 1. The van der Waals surface area contributed by atoms with Crippen LogP contribution in [0.4, 0.5) is 4.39 Å². The van der Waals surface area contributed by atoms with E-state index in [9.17, 15) is 12.8 Å². The highest BCUT2D eigenvalue weighted by Gasteiger charge is 2.43. The molecule has 2 aliphatic heterocycles. The fourth-order valence-electron chi connectivity index (χ4n) is 4.57. The molecule has 0 aliphatic carbocycles. The largest absolute Gasteiger partial charge is 0.444 e. The summed E-state index contributed by atoms with van der Waals surface area (Å²) in [4.78, 5) is 0.130. The molecule has 0 unspecified atom stereocenters. The van der Waals surface area contributed by atoms with Crippen LogP contribution < -0.4 is 9.47 Å². The number of nitrogens with zero attached hydrogens (tertiary/aromatic N) is 1. The quantitative estimate of drug-likeness (QED) is 0.418. The molecular weight excluding hydrogens is 493 g/mol. The Balaban J connectivity index is 1.29. The van der Waals surface area contributed by atoms with E-state index in [1.165, 1.54) is 11.1 Å². The van der Waals surface area contributed by atoms with Crippen LogP contribution in [-0.2, 0) is 20.2 Å². The molecule has 35 heavy (non-hydrogen) atoms. The van der Waals surface area contributed by atoms with Crippen LogP contribution >= 0.6 is 11.6 Å². The maximum absolute atomic E-state index is 14.6. The summed E-state index contributed by atoms with van der Waals surface area (Å²) in [5.74, 6) is -0.600. The highest BCUT2D eigenvalue weighted by Crippen LogP contribution is 2.49. The van der Waals surface area contributed by atoms with Crippen molar-refractivity contribution in [2.75, 3.05) is 13.1 Å². The molecule has 0 amide bonds. The first-order valence-electron chi connectivity index (χ1n) is 11.4. The van der Waals surface area contributed by atoms with Gasteiger partial charge in [0.05, 0.1) is 10.5 Å². The standard InChI is InChI=1S/C26H25ClFNO5S/c1-17-6-9-20(10-7-17)35(30,31)34-29-14-12-18(13-15-29)21-4-3-5-24-25(21)33-26(2,32-24)22-11-8-19(27)16-23(22)28/h3-11,16,18H,12-15H2,1-2H3/t26-/m1/s1. The van der Waals surface area contributed by atoms with Crippen molar-refractivity contribution in [1.82, 2.24) is 5.06 Å². The first-order valence-corrected chi connectivity index (χ1v) is 13.2. The van der Waals surface area contributed by atoms with Gasteiger partial charge in [-0.25, -0.2) is 4.39 Å². The lowest BCUT2D eigenvalue weighted by Gasteiger charge is -2.31. The van der Waals surface area contributed by atoms with Crippen LogP contribution in [0.2, 0.25) is 5.02 Å². The van der Waals surface area contributed by atoms with Crippen molar-refractivity contribution in [2.24, 2.45) is 0 Å². The molecule has 0 N–H and O–H groups in total. The van der Waals surface area contributed by atoms with Crippen LogP contribution in [0.3, 0.4) is 0 Å². The van der Waals surface area contributed by atoms with Gasteiger partial charge >= 0.3 is 10.1 Å². The molecule has 3 aromatic rings. The number of rotatable bonds is 5. The minimum Gasteiger partial charge on any atom is -0.444 e. The average Bonchev–Trinajstić information content (AvgIpc) is 3.16. The number of hydrogen-bond donors (Lipinski definition) is 0. The number of hydrogen-bond acceptors (Lipinski definition) is 6. The smallest absolute Gasteiger partial charge is 0.313 e. The van der Waals surface area contributed by atoms with Crippen LogP contribution in [0.1, 0.15) is 42.4 Å². The van der Waals surface area contributed by atoms with Crippen molar-refractivity contribution in [3.05, 3.63) is 88.2 Å². The van der Waals surface area contributed by atoms with Gasteiger partial charge in [0, 0.05) is 30.6 Å². The lowest BCUT2D eigenvalue weighted by Crippen LogP contribution is -2.35. The van der Waals surface area contributed by atoms with Crippen LogP contribution in [0.15, 0.2) is 65.6 Å². The van der Waals surface area contributed by atoms with Gasteiger partial charge in [-0.1, -0.05) is 41.4 Å². The van der Waals surface area contributed by atoms with Gasteiger partial charge in [-0.3, -0.25) is 0 Å². The first-order chi connectivity index (χ1) is 16.6. The number of fused-ring (bicyclic) bond motifs is 1.